The highest BCUT2D eigenvalue weighted by molar-refractivity contribution is 5.98. The SMILES string of the molecule is CCCCCCCC(OCC)C(CCCCCCC)(CCCCCCC)O[SiH3]. The molecule has 28 heavy (non-hydrogen) atoms. The van der Waals surface area contributed by atoms with E-state index in [0.717, 1.165) is 17.1 Å². The largest absolute Gasteiger partial charge is 0.420 e. The molecular weight excluding hydrogens is 360 g/mol. The van der Waals surface area contributed by atoms with Crippen molar-refractivity contribution in [3.8, 4) is 0 Å². The molecule has 0 aliphatic carbocycles. The van der Waals surface area contributed by atoms with E-state index in [-0.39, 0.29) is 5.60 Å². The molecule has 0 fully saturated rings. The van der Waals surface area contributed by atoms with Gasteiger partial charge >= 0.3 is 0 Å². The van der Waals surface area contributed by atoms with Crippen LogP contribution in [-0.2, 0) is 9.16 Å². The lowest BCUT2D eigenvalue weighted by Crippen LogP contribution is -2.46. The fraction of sp³-hybridized carbons (Fsp3) is 1.00. The molecule has 0 radical (unpaired) electrons. The summed E-state index contributed by atoms with van der Waals surface area (Å²) in [6.07, 6.45) is 24.0. The minimum Gasteiger partial charge on any atom is -0.420 e. The smallest absolute Gasteiger partial charge is 0.146 e. The Kier molecular flexibility index (Phi) is 20.5. The second-order valence-electron chi connectivity index (χ2n) is 8.74. The normalized spacial score (nSPS) is 13.3. The Morgan fingerprint density at radius 2 is 1.04 bits per heavy atom. The minimum absolute atomic E-state index is 0.00851. The van der Waals surface area contributed by atoms with Crippen LogP contribution in [-0.4, -0.2) is 28.8 Å². The van der Waals surface area contributed by atoms with Crippen LogP contribution in [0.25, 0.3) is 0 Å². The summed E-state index contributed by atoms with van der Waals surface area (Å²) in [4.78, 5) is 0. The van der Waals surface area contributed by atoms with Gasteiger partial charge in [-0.25, -0.2) is 0 Å². The van der Waals surface area contributed by atoms with Gasteiger partial charge in [-0.1, -0.05) is 117 Å². The number of unbranched alkanes of at least 4 members (excludes halogenated alkanes) is 12. The lowest BCUT2D eigenvalue weighted by atomic mass is 9.82. The highest BCUT2D eigenvalue weighted by atomic mass is 28.2. The fourth-order valence-corrected chi connectivity index (χ4v) is 5.14. The number of rotatable bonds is 22. The van der Waals surface area contributed by atoms with Crippen LogP contribution in [0.1, 0.15) is 143 Å². The van der Waals surface area contributed by atoms with E-state index in [4.69, 9.17) is 9.16 Å². The molecular formula is C25H54O2Si. The average molecular weight is 415 g/mol. The van der Waals surface area contributed by atoms with E-state index in [1.165, 1.54) is 116 Å². The van der Waals surface area contributed by atoms with E-state index >= 15 is 0 Å². The zero-order valence-electron chi connectivity index (χ0n) is 20.3. The van der Waals surface area contributed by atoms with Crippen molar-refractivity contribution in [1.29, 1.82) is 0 Å². The first-order chi connectivity index (χ1) is 13.7. The number of ether oxygens (including phenoxy) is 1. The second kappa shape index (κ2) is 20.4. The molecule has 0 aromatic carbocycles. The van der Waals surface area contributed by atoms with Gasteiger partial charge in [-0.05, 0) is 26.2 Å². The van der Waals surface area contributed by atoms with Gasteiger partial charge in [-0.3, -0.25) is 0 Å². The Morgan fingerprint density at radius 1 is 0.607 bits per heavy atom. The lowest BCUT2D eigenvalue weighted by Gasteiger charge is -2.41. The monoisotopic (exact) mass is 414 g/mol. The van der Waals surface area contributed by atoms with Crippen molar-refractivity contribution >= 4 is 10.5 Å². The van der Waals surface area contributed by atoms with E-state index in [0.29, 0.717) is 6.10 Å². The van der Waals surface area contributed by atoms with Crippen LogP contribution < -0.4 is 0 Å². The summed E-state index contributed by atoms with van der Waals surface area (Å²) in [6.45, 7) is 9.86. The van der Waals surface area contributed by atoms with Gasteiger partial charge in [-0.15, -0.1) is 0 Å². The Morgan fingerprint density at radius 3 is 1.43 bits per heavy atom. The van der Waals surface area contributed by atoms with Gasteiger partial charge in [0, 0.05) is 6.61 Å². The van der Waals surface area contributed by atoms with Gasteiger partial charge in [0.1, 0.15) is 10.5 Å². The Labute approximate surface area is 181 Å². The van der Waals surface area contributed by atoms with Crippen molar-refractivity contribution in [3.05, 3.63) is 0 Å². The van der Waals surface area contributed by atoms with Crippen LogP contribution in [0.2, 0.25) is 0 Å². The van der Waals surface area contributed by atoms with E-state index in [1.54, 1.807) is 0 Å². The maximum atomic E-state index is 6.46. The van der Waals surface area contributed by atoms with Crippen LogP contribution in [0.3, 0.4) is 0 Å². The fourth-order valence-electron chi connectivity index (χ4n) is 4.47. The molecule has 0 amide bonds. The maximum absolute atomic E-state index is 6.46. The molecule has 0 N–H and O–H groups in total. The van der Waals surface area contributed by atoms with Crippen LogP contribution in [0.5, 0.6) is 0 Å². The predicted octanol–water partition coefficient (Wildman–Crippen LogP) is 7.51. The third kappa shape index (κ3) is 13.4. The molecule has 170 valence electrons. The van der Waals surface area contributed by atoms with Crippen molar-refractivity contribution < 1.29 is 9.16 Å². The Balaban J connectivity index is 4.84. The second-order valence-corrected chi connectivity index (χ2v) is 9.15. The molecule has 0 aliphatic rings. The molecule has 1 atom stereocenters. The van der Waals surface area contributed by atoms with Gasteiger partial charge in [0.2, 0.25) is 0 Å². The molecule has 0 aliphatic heterocycles. The van der Waals surface area contributed by atoms with Crippen molar-refractivity contribution in [1.82, 2.24) is 0 Å². The van der Waals surface area contributed by atoms with Crippen LogP contribution in [0.15, 0.2) is 0 Å². The summed E-state index contributed by atoms with van der Waals surface area (Å²) in [5, 5.41) is 0. The first-order valence-corrected chi connectivity index (χ1v) is 13.7. The van der Waals surface area contributed by atoms with Crippen molar-refractivity contribution in [3.63, 3.8) is 0 Å². The van der Waals surface area contributed by atoms with Gasteiger partial charge in [-0.2, -0.15) is 0 Å². The topological polar surface area (TPSA) is 18.5 Å². The summed E-state index contributed by atoms with van der Waals surface area (Å²) in [7, 11) is 0.821. The minimum atomic E-state index is -0.00851. The number of hydrogen-bond donors (Lipinski definition) is 0. The maximum Gasteiger partial charge on any atom is 0.146 e. The van der Waals surface area contributed by atoms with E-state index in [9.17, 15) is 0 Å². The van der Waals surface area contributed by atoms with E-state index < -0.39 is 0 Å². The molecule has 1 unspecified atom stereocenters. The molecule has 3 heteroatoms. The van der Waals surface area contributed by atoms with Crippen LogP contribution in [0, 0.1) is 0 Å². The first kappa shape index (κ1) is 28.1. The summed E-state index contributed by atoms with van der Waals surface area (Å²) in [5.41, 5.74) is -0.00851. The van der Waals surface area contributed by atoms with Gasteiger partial charge in [0.25, 0.3) is 0 Å². The third-order valence-electron chi connectivity index (χ3n) is 6.34. The quantitative estimate of drug-likeness (QED) is 0.135. The Hall–Kier alpha value is 0.137. The standard InChI is InChI=1S/C25H54O2Si/c1-5-9-12-15-18-21-24(26-8-4)25(27-28,22-19-16-13-10-6-2)23-20-17-14-11-7-3/h24H,5-23H2,1-4,28H3. The molecule has 2 nitrogen and oxygen atoms in total. The lowest BCUT2D eigenvalue weighted by molar-refractivity contribution is -0.102. The van der Waals surface area contributed by atoms with E-state index in [1.807, 2.05) is 0 Å². The van der Waals surface area contributed by atoms with Crippen molar-refractivity contribution in [2.75, 3.05) is 6.61 Å². The first-order valence-electron chi connectivity index (χ1n) is 12.9. The predicted molar refractivity (Wildman–Crippen MR) is 129 cm³/mol. The van der Waals surface area contributed by atoms with Crippen molar-refractivity contribution in [2.45, 2.75) is 155 Å². The highest BCUT2D eigenvalue weighted by Crippen LogP contribution is 2.34. The zero-order chi connectivity index (χ0) is 20.9. The molecule has 0 rings (SSSR count). The molecule has 0 aromatic heterocycles. The number of hydrogen-bond acceptors (Lipinski definition) is 2. The third-order valence-corrected chi connectivity index (χ3v) is 7.15. The molecule has 0 spiro atoms. The van der Waals surface area contributed by atoms with Crippen LogP contribution >= 0.6 is 0 Å². The van der Waals surface area contributed by atoms with Crippen molar-refractivity contribution in [2.24, 2.45) is 0 Å². The van der Waals surface area contributed by atoms with Gasteiger partial charge in [0.15, 0.2) is 0 Å². The molecule has 0 aromatic rings. The molecule has 0 heterocycles. The highest BCUT2D eigenvalue weighted by Gasteiger charge is 2.37. The summed E-state index contributed by atoms with van der Waals surface area (Å²) >= 11 is 0. The molecule has 0 bridgehead atoms. The summed E-state index contributed by atoms with van der Waals surface area (Å²) in [6, 6.07) is 0. The Bertz CT molecular complexity index is 295. The summed E-state index contributed by atoms with van der Waals surface area (Å²) in [5.74, 6) is 0. The molecule has 0 saturated carbocycles. The summed E-state index contributed by atoms with van der Waals surface area (Å²) < 4.78 is 12.8. The van der Waals surface area contributed by atoms with E-state index in [2.05, 4.69) is 27.7 Å². The molecule has 0 saturated heterocycles. The van der Waals surface area contributed by atoms with Gasteiger partial charge in [0.05, 0.1) is 11.7 Å². The van der Waals surface area contributed by atoms with Crippen LogP contribution in [0.4, 0.5) is 0 Å². The average Bonchev–Trinajstić information content (AvgIpc) is 2.71. The zero-order valence-corrected chi connectivity index (χ0v) is 22.3. The van der Waals surface area contributed by atoms with Gasteiger partial charge < -0.3 is 9.16 Å².